The zero-order valence-electron chi connectivity index (χ0n) is 20.6. The van der Waals surface area contributed by atoms with E-state index in [0.29, 0.717) is 5.75 Å². The number of carbonyl (C=O) groups is 1. The van der Waals surface area contributed by atoms with Crippen LogP contribution in [-0.4, -0.2) is 36.4 Å². The highest BCUT2D eigenvalue weighted by Gasteiger charge is 2.27. The molecule has 0 aliphatic heterocycles. The summed E-state index contributed by atoms with van der Waals surface area (Å²) in [7, 11) is -6.58. The number of amides is 1. The highest BCUT2D eigenvalue weighted by atomic mass is 32.2. The molecule has 202 valence electrons. The molecule has 1 amide bonds. The van der Waals surface area contributed by atoms with Gasteiger partial charge < -0.3 is 10.1 Å². The summed E-state index contributed by atoms with van der Waals surface area (Å²) >= 11 is 0. The van der Waals surface area contributed by atoms with Gasteiger partial charge in [-0.25, -0.2) is 21.2 Å². The van der Waals surface area contributed by atoms with Crippen LogP contribution in [0, 0.1) is 5.82 Å². The maximum Gasteiger partial charge on any atom is 0.264 e. The first kappa shape index (κ1) is 27.6. The maximum atomic E-state index is 13.4. The fourth-order valence-corrected chi connectivity index (χ4v) is 6.06. The van der Waals surface area contributed by atoms with E-state index >= 15 is 0 Å². The van der Waals surface area contributed by atoms with Gasteiger partial charge in [-0.1, -0.05) is 18.2 Å². The van der Waals surface area contributed by atoms with Crippen molar-refractivity contribution in [2.24, 2.45) is 0 Å². The molecule has 4 rings (SSSR count). The smallest absolute Gasteiger partial charge is 0.264 e. The first-order valence-corrected chi connectivity index (χ1v) is 14.4. The Kier molecular flexibility index (Phi) is 8.17. The number of carbonyl (C=O) groups excluding carboxylic acids is 1. The molecule has 0 aliphatic carbocycles. The van der Waals surface area contributed by atoms with Crippen LogP contribution in [0.1, 0.15) is 0 Å². The lowest BCUT2D eigenvalue weighted by molar-refractivity contribution is -0.114. The molecule has 0 atom stereocenters. The van der Waals surface area contributed by atoms with Crippen LogP contribution in [0.3, 0.4) is 0 Å². The minimum absolute atomic E-state index is 0.0110. The van der Waals surface area contributed by atoms with Crippen LogP contribution in [0.25, 0.3) is 0 Å². The lowest BCUT2D eigenvalue weighted by Crippen LogP contribution is -2.38. The molecule has 0 heterocycles. The summed E-state index contributed by atoms with van der Waals surface area (Å²) in [5.41, 5.74) is 0.697. The first-order chi connectivity index (χ1) is 18.6. The molecule has 39 heavy (non-hydrogen) atoms. The van der Waals surface area contributed by atoms with Gasteiger partial charge >= 0.3 is 0 Å². The number of nitrogens with zero attached hydrogens (tertiary/aromatic N) is 1. The van der Waals surface area contributed by atoms with E-state index in [0.717, 1.165) is 16.4 Å². The normalized spacial score (nSPS) is 11.4. The quantitative estimate of drug-likeness (QED) is 0.291. The van der Waals surface area contributed by atoms with Crippen molar-refractivity contribution in [3.8, 4) is 5.75 Å². The summed E-state index contributed by atoms with van der Waals surface area (Å²) in [5, 5.41) is 2.60. The van der Waals surface area contributed by atoms with E-state index in [2.05, 4.69) is 10.0 Å². The third-order valence-corrected chi connectivity index (χ3v) is 8.71. The summed E-state index contributed by atoms with van der Waals surface area (Å²) < 4.78 is 73.7. The molecule has 4 aromatic rings. The van der Waals surface area contributed by atoms with E-state index in [9.17, 15) is 26.0 Å². The standard InChI is InChI=1S/C27H24FN3O6S2/c1-37-24-15-13-23(14-16-24)31(39(35,36)26-5-3-2-4-6-26)19-27(32)29-21-11-17-25(18-12-21)38(33,34)30-22-9-7-20(28)8-10-22/h2-18,30H,19H2,1H3,(H,29,32). The largest absolute Gasteiger partial charge is 0.497 e. The molecule has 0 aliphatic rings. The van der Waals surface area contributed by atoms with Crippen LogP contribution in [0.15, 0.2) is 113 Å². The van der Waals surface area contributed by atoms with Crippen molar-refractivity contribution in [1.82, 2.24) is 0 Å². The van der Waals surface area contributed by atoms with Crippen LogP contribution in [-0.2, 0) is 24.8 Å². The van der Waals surface area contributed by atoms with Crippen molar-refractivity contribution in [1.29, 1.82) is 0 Å². The summed E-state index contributed by atoms with van der Waals surface area (Å²) in [4.78, 5) is 12.9. The topological polar surface area (TPSA) is 122 Å². The number of nitrogens with one attached hydrogen (secondary N) is 2. The molecule has 0 unspecified atom stereocenters. The van der Waals surface area contributed by atoms with Crippen LogP contribution >= 0.6 is 0 Å². The Morgan fingerprint density at radius 2 is 1.36 bits per heavy atom. The van der Waals surface area contributed by atoms with Gasteiger partial charge in [0.25, 0.3) is 20.0 Å². The average molecular weight is 570 g/mol. The molecule has 0 spiro atoms. The second-order valence-corrected chi connectivity index (χ2v) is 11.8. The highest BCUT2D eigenvalue weighted by Crippen LogP contribution is 2.26. The molecule has 0 fully saturated rings. The van der Waals surface area contributed by atoms with Crippen LogP contribution in [0.2, 0.25) is 0 Å². The van der Waals surface area contributed by atoms with E-state index in [-0.39, 0.29) is 26.9 Å². The summed E-state index contributed by atoms with van der Waals surface area (Å²) in [6.07, 6.45) is 0. The monoisotopic (exact) mass is 569 g/mol. The zero-order chi connectivity index (χ0) is 28.0. The van der Waals surface area contributed by atoms with Gasteiger partial charge in [-0.15, -0.1) is 0 Å². The number of rotatable bonds is 10. The average Bonchev–Trinajstić information content (AvgIpc) is 2.94. The molecule has 12 heteroatoms. The lowest BCUT2D eigenvalue weighted by atomic mass is 10.3. The van der Waals surface area contributed by atoms with Crippen LogP contribution in [0.5, 0.6) is 5.75 Å². The Labute approximate surface area is 226 Å². The molecule has 2 N–H and O–H groups in total. The Bertz CT molecular complexity index is 1650. The fourth-order valence-electron chi connectivity index (χ4n) is 3.56. The van der Waals surface area contributed by atoms with Crippen molar-refractivity contribution in [2.75, 3.05) is 28.0 Å². The Hall–Kier alpha value is -4.42. The number of hydrogen-bond acceptors (Lipinski definition) is 6. The minimum atomic E-state index is -4.10. The third-order valence-electron chi connectivity index (χ3n) is 5.52. The number of methoxy groups -OCH3 is 1. The minimum Gasteiger partial charge on any atom is -0.497 e. The molecular weight excluding hydrogens is 545 g/mol. The summed E-state index contributed by atoms with van der Waals surface area (Å²) in [6.45, 7) is -0.546. The first-order valence-electron chi connectivity index (χ1n) is 11.5. The highest BCUT2D eigenvalue weighted by molar-refractivity contribution is 7.93. The molecule has 9 nitrogen and oxygen atoms in total. The number of anilines is 3. The fraction of sp³-hybridized carbons (Fsp3) is 0.0741. The molecule has 0 aromatic heterocycles. The molecule has 0 saturated heterocycles. The van der Waals surface area contributed by atoms with Gasteiger partial charge in [0.1, 0.15) is 18.1 Å². The molecular formula is C27H24FN3O6S2. The SMILES string of the molecule is COc1ccc(N(CC(=O)Nc2ccc(S(=O)(=O)Nc3ccc(F)cc3)cc2)S(=O)(=O)c2ccccc2)cc1. The van der Waals surface area contributed by atoms with E-state index in [4.69, 9.17) is 4.74 Å². The van der Waals surface area contributed by atoms with Crippen molar-refractivity contribution in [3.05, 3.63) is 109 Å². The molecule has 0 bridgehead atoms. The van der Waals surface area contributed by atoms with Crippen LogP contribution < -0.4 is 19.1 Å². The number of benzene rings is 4. The summed E-state index contributed by atoms with van der Waals surface area (Å²) in [5.74, 6) is -0.630. The predicted octanol–water partition coefficient (Wildman–Crippen LogP) is 4.47. The van der Waals surface area contributed by atoms with Crippen molar-refractivity contribution in [2.45, 2.75) is 9.79 Å². The molecule has 0 radical (unpaired) electrons. The third kappa shape index (κ3) is 6.72. The Balaban J connectivity index is 1.52. The predicted molar refractivity (Wildman–Crippen MR) is 146 cm³/mol. The van der Waals surface area contributed by atoms with Crippen LogP contribution in [0.4, 0.5) is 21.5 Å². The molecule has 0 saturated carbocycles. The number of hydrogen-bond donors (Lipinski definition) is 2. The van der Waals surface area contributed by atoms with Gasteiger partial charge in [0.15, 0.2) is 0 Å². The zero-order valence-corrected chi connectivity index (χ0v) is 22.2. The van der Waals surface area contributed by atoms with Gasteiger partial charge in [0, 0.05) is 11.4 Å². The van der Waals surface area contributed by atoms with Gasteiger partial charge in [0.2, 0.25) is 5.91 Å². The molecule has 4 aromatic carbocycles. The number of halogens is 1. The number of sulfonamides is 2. The van der Waals surface area contributed by atoms with E-state index in [1.165, 1.54) is 67.8 Å². The van der Waals surface area contributed by atoms with E-state index < -0.39 is 38.3 Å². The Morgan fingerprint density at radius 1 is 0.769 bits per heavy atom. The second kappa shape index (κ2) is 11.5. The van der Waals surface area contributed by atoms with Gasteiger partial charge in [-0.2, -0.15) is 0 Å². The van der Waals surface area contributed by atoms with Crippen molar-refractivity contribution < 1.29 is 30.8 Å². The second-order valence-electron chi connectivity index (χ2n) is 8.21. The van der Waals surface area contributed by atoms with Gasteiger partial charge in [-0.05, 0) is 84.9 Å². The van der Waals surface area contributed by atoms with Crippen molar-refractivity contribution >= 4 is 43.0 Å². The number of ether oxygens (including phenoxy) is 1. The van der Waals surface area contributed by atoms with E-state index in [1.54, 1.807) is 30.3 Å². The summed E-state index contributed by atoms with van der Waals surface area (Å²) in [6, 6.07) is 24.1. The van der Waals surface area contributed by atoms with Crippen molar-refractivity contribution in [3.63, 3.8) is 0 Å². The Morgan fingerprint density at radius 3 is 1.95 bits per heavy atom. The van der Waals surface area contributed by atoms with E-state index in [1.807, 2.05) is 0 Å². The lowest BCUT2D eigenvalue weighted by Gasteiger charge is -2.24. The van der Waals surface area contributed by atoms with Gasteiger partial charge in [0.05, 0.1) is 22.6 Å². The maximum absolute atomic E-state index is 13.4. The van der Waals surface area contributed by atoms with Gasteiger partial charge in [-0.3, -0.25) is 13.8 Å².